The second kappa shape index (κ2) is 8.99. The van der Waals surface area contributed by atoms with Crippen molar-refractivity contribution in [3.63, 3.8) is 0 Å². The number of rotatable bonds is 6. The van der Waals surface area contributed by atoms with Crippen LogP contribution in [0.25, 0.3) is 0 Å². The molecule has 0 unspecified atom stereocenters. The molecule has 146 valence electrons. The molecule has 1 saturated carbocycles. The lowest BCUT2D eigenvalue weighted by molar-refractivity contribution is -0.130. The summed E-state index contributed by atoms with van der Waals surface area (Å²) in [6.45, 7) is 3.19. The van der Waals surface area contributed by atoms with Crippen molar-refractivity contribution < 1.29 is 19.1 Å². The number of carbonyl (C=O) groups is 3. The molecule has 0 spiro atoms. The molecule has 7 nitrogen and oxygen atoms in total. The number of nitrogens with one attached hydrogen (secondary N) is 2. The number of hydrogen-bond donors (Lipinski definition) is 2. The zero-order chi connectivity index (χ0) is 19.2. The van der Waals surface area contributed by atoms with E-state index in [0.717, 1.165) is 6.42 Å². The van der Waals surface area contributed by atoms with Crippen molar-refractivity contribution in [2.24, 2.45) is 5.92 Å². The first-order chi connectivity index (χ1) is 13.0. The third-order valence-electron chi connectivity index (χ3n) is 5.19. The largest absolute Gasteiger partial charge is 0.376 e. The minimum atomic E-state index is -0.191. The summed E-state index contributed by atoms with van der Waals surface area (Å²) in [5.74, 6) is 0.0421. The lowest BCUT2D eigenvalue weighted by Gasteiger charge is -2.28. The van der Waals surface area contributed by atoms with E-state index in [4.69, 9.17) is 4.74 Å². The molecule has 7 heteroatoms. The van der Waals surface area contributed by atoms with Crippen LogP contribution in [0, 0.1) is 5.92 Å². The number of nitrogens with zero attached hydrogens (tertiary/aromatic N) is 1. The van der Waals surface area contributed by atoms with Gasteiger partial charge < -0.3 is 10.1 Å². The van der Waals surface area contributed by atoms with Crippen LogP contribution < -0.4 is 15.8 Å². The summed E-state index contributed by atoms with van der Waals surface area (Å²) in [7, 11) is 0. The minimum Gasteiger partial charge on any atom is -0.376 e. The van der Waals surface area contributed by atoms with E-state index in [1.54, 1.807) is 24.3 Å². The minimum absolute atomic E-state index is 0.166. The van der Waals surface area contributed by atoms with E-state index < -0.39 is 0 Å². The van der Waals surface area contributed by atoms with Crippen molar-refractivity contribution in [2.45, 2.75) is 51.6 Å². The Morgan fingerprint density at radius 2 is 1.93 bits per heavy atom. The molecule has 1 aliphatic carbocycles. The molecular weight excluding hydrogens is 346 g/mol. The van der Waals surface area contributed by atoms with E-state index in [-0.39, 0.29) is 30.6 Å². The number of hydrazine groups is 1. The Bertz CT molecular complexity index is 689. The van der Waals surface area contributed by atoms with Gasteiger partial charge in [-0.1, -0.05) is 19.8 Å². The van der Waals surface area contributed by atoms with Gasteiger partial charge in [0.1, 0.15) is 0 Å². The summed E-state index contributed by atoms with van der Waals surface area (Å²) < 4.78 is 5.90. The Labute approximate surface area is 159 Å². The van der Waals surface area contributed by atoms with E-state index in [0.29, 0.717) is 36.4 Å². The van der Waals surface area contributed by atoms with Gasteiger partial charge in [-0.3, -0.25) is 19.8 Å². The number of anilines is 1. The molecule has 1 aromatic rings. The van der Waals surface area contributed by atoms with E-state index in [1.165, 1.54) is 24.3 Å². The topological polar surface area (TPSA) is 87.7 Å². The Kier molecular flexibility index (Phi) is 6.45. The summed E-state index contributed by atoms with van der Waals surface area (Å²) in [6.07, 6.45) is 5.50. The predicted molar refractivity (Wildman–Crippen MR) is 101 cm³/mol. The molecular formula is C20H27N3O4. The second-order valence-electron chi connectivity index (χ2n) is 7.24. The van der Waals surface area contributed by atoms with Crippen molar-refractivity contribution in [1.29, 1.82) is 0 Å². The lowest BCUT2D eigenvalue weighted by Crippen LogP contribution is -2.50. The maximum absolute atomic E-state index is 12.2. The van der Waals surface area contributed by atoms with Crippen molar-refractivity contribution >= 4 is 23.4 Å². The van der Waals surface area contributed by atoms with Crippen molar-refractivity contribution in [3.8, 4) is 0 Å². The normalized spacial score (nSPS) is 23.1. The molecule has 1 aliphatic heterocycles. The highest BCUT2D eigenvalue weighted by Crippen LogP contribution is 2.26. The molecule has 2 fully saturated rings. The van der Waals surface area contributed by atoms with Crippen molar-refractivity contribution in [2.75, 3.05) is 18.2 Å². The highest BCUT2D eigenvalue weighted by Gasteiger charge is 2.24. The van der Waals surface area contributed by atoms with Crippen molar-refractivity contribution in [3.05, 3.63) is 29.8 Å². The van der Waals surface area contributed by atoms with Crippen LogP contribution in [-0.2, 0) is 14.3 Å². The highest BCUT2D eigenvalue weighted by molar-refractivity contribution is 6.01. The predicted octanol–water partition coefficient (Wildman–Crippen LogP) is 2.17. The zero-order valence-corrected chi connectivity index (χ0v) is 15.7. The Morgan fingerprint density at radius 1 is 1.19 bits per heavy atom. The van der Waals surface area contributed by atoms with Gasteiger partial charge in [-0.2, -0.15) is 0 Å². The average molecular weight is 373 g/mol. The number of benzene rings is 1. The molecule has 2 atom stereocenters. The van der Waals surface area contributed by atoms with Crippen LogP contribution in [-0.4, -0.2) is 37.0 Å². The number of hydrogen-bond acceptors (Lipinski definition) is 4. The fraction of sp³-hybridized carbons (Fsp3) is 0.550. The fourth-order valence-electron chi connectivity index (χ4n) is 3.55. The van der Waals surface area contributed by atoms with Crippen LogP contribution in [0.15, 0.2) is 24.3 Å². The number of carbonyl (C=O) groups excluding carboxylic acids is 3. The van der Waals surface area contributed by atoms with Crippen LogP contribution in [0.3, 0.4) is 0 Å². The Balaban J connectivity index is 1.46. The standard InChI is InChI=1S/C20H27N3O4/c1-14-4-2-3-5-17(14)27-13-12-21-20(26)15-6-8-16(9-7-15)23-19(25)11-10-18(24)22-23/h6-9,14,17H,2-5,10-13H2,1H3,(H,21,26)(H,22,24)/t14-,17-/m1/s1. The smallest absolute Gasteiger partial charge is 0.251 e. The molecule has 1 saturated heterocycles. The van der Waals surface area contributed by atoms with Gasteiger partial charge in [0, 0.05) is 24.9 Å². The Hall–Kier alpha value is -2.41. The summed E-state index contributed by atoms with van der Waals surface area (Å²) in [4.78, 5) is 35.6. The number of amides is 3. The first-order valence-corrected chi connectivity index (χ1v) is 9.67. The van der Waals surface area contributed by atoms with Crippen molar-refractivity contribution in [1.82, 2.24) is 10.7 Å². The van der Waals surface area contributed by atoms with E-state index >= 15 is 0 Å². The summed E-state index contributed by atoms with van der Waals surface area (Å²) >= 11 is 0. The zero-order valence-electron chi connectivity index (χ0n) is 15.7. The van der Waals surface area contributed by atoms with E-state index in [2.05, 4.69) is 17.7 Å². The van der Waals surface area contributed by atoms with E-state index in [1.807, 2.05) is 0 Å². The summed E-state index contributed by atoms with van der Waals surface area (Å²) in [6, 6.07) is 6.59. The lowest BCUT2D eigenvalue weighted by atomic mass is 9.88. The molecule has 27 heavy (non-hydrogen) atoms. The van der Waals surface area contributed by atoms with Gasteiger partial charge >= 0.3 is 0 Å². The van der Waals surface area contributed by atoms with Gasteiger partial charge in [0.2, 0.25) is 11.8 Å². The first-order valence-electron chi connectivity index (χ1n) is 9.67. The van der Waals surface area contributed by atoms with Crippen LogP contribution in [0.5, 0.6) is 0 Å². The second-order valence-corrected chi connectivity index (χ2v) is 7.24. The first kappa shape index (κ1) is 19.4. The van der Waals surface area contributed by atoms with Crippen LogP contribution >= 0.6 is 0 Å². The molecule has 3 amide bonds. The van der Waals surface area contributed by atoms with Gasteiger partial charge in [-0.25, -0.2) is 5.01 Å². The van der Waals surface area contributed by atoms with E-state index in [9.17, 15) is 14.4 Å². The third-order valence-corrected chi connectivity index (χ3v) is 5.19. The molecule has 0 bridgehead atoms. The third kappa shape index (κ3) is 5.07. The van der Waals surface area contributed by atoms with Gasteiger partial charge in [0.25, 0.3) is 5.91 Å². The molecule has 0 radical (unpaired) electrons. The maximum atomic E-state index is 12.2. The molecule has 0 aromatic heterocycles. The molecule has 3 rings (SSSR count). The SMILES string of the molecule is C[C@@H]1CCCC[C@H]1OCCNC(=O)c1ccc(N2NC(=O)CCC2=O)cc1. The van der Waals surface area contributed by atoms with Gasteiger partial charge in [-0.15, -0.1) is 0 Å². The molecule has 2 N–H and O–H groups in total. The average Bonchev–Trinajstić information content (AvgIpc) is 2.68. The van der Waals surface area contributed by atoms with Gasteiger partial charge in [-0.05, 0) is 43.0 Å². The van der Waals surface area contributed by atoms with Crippen LogP contribution in [0.4, 0.5) is 5.69 Å². The highest BCUT2D eigenvalue weighted by atomic mass is 16.5. The summed E-state index contributed by atoms with van der Waals surface area (Å²) in [5.41, 5.74) is 3.58. The quantitative estimate of drug-likeness (QED) is 0.748. The van der Waals surface area contributed by atoms with Gasteiger partial charge in [0.15, 0.2) is 0 Å². The van der Waals surface area contributed by atoms with Crippen LogP contribution in [0.1, 0.15) is 55.8 Å². The molecule has 1 aromatic carbocycles. The molecule has 1 heterocycles. The summed E-state index contributed by atoms with van der Waals surface area (Å²) in [5, 5.41) is 4.08. The fourth-order valence-corrected chi connectivity index (χ4v) is 3.55. The Morgan fingerprint density at radius 3 is 2.67 bits per heavy atom. The van der Waals surface area contributed by atoms with Gasteiger partial charge in [0.05, 0.1) is 18.4 Å². The van der Waals surface area contributed by atoms with Crippen LogP contribution in [0.2, 0.25) is 0 Å². The molecule has 2 aliphatic rings. The maximum Gasteiger partial charge on any atom is 0.251 e. The number of ether oxygens (including phenoxy) is 1. The monoisotopic (exact) mass is 373 g/mol.